The van der Waals surface area contributed by atoms with Crippen molar-refractivity contribution in [2.45, 2.75) is 6.42 Å². The molecule has 0 saturated heterocycles. The molecule has 0 atom stereocenters. The SMILES string of the molecule is [C]1=NCOCC1. The van der Waals surface area contributed by atoms with Crippen LogP contribution in [0.25, 0.3) is 0 Å². The second kappa shape index (κ2) is 1.92. The Morgan fingerprint density at radius 1 is 1.67 bits per heavy atom. The highest BCUT2D eigenvalue weighted by Gasteiger charge is 1.87. The topological polar surface area (TPSA) is 21.6 Å². The Kier molecular flexibility index (Phi) is 1.22. The minimum atomic E-state index is 0.514. The molecular weight excluding hydrogens is 78.0 g/mol. The minimum absolute atomic E-state index is 0.514. The van der Waals surface area contributed by atoms with Crippen LogP contribution in [0, 0.1) is 0 Å². The molecule has 0 aromatic carbocycles. The molecule has 0 saturated carbocycles. The first-order valence-corrected chi connectivity index (χ1v) is 1.97. The van der Waals surface area contributed by atoms with E-state index in [0.717, 1.165) is 13.0 Å². The fourth-order valence-corrected chi connectivity index (χ4v) is 0.353. The van der Waals surface area contributed by atoms with Crippen LogP contribution in [-0.2, 0) is 4.74 Å². The molecule has 0 bridgehead atoms. The van der Waals surface area contributed by atoms with Gasteiger partial charge in [0.15, 0.2) is 0 Å². The molecule has 0 spiro atoms. The summed E-state index contributed by atoms with van der Waals surface area (Å²) in [6.45, 7) is 1.31. The van der Waals surface area contributed by atoms with Gasteiger partial charge in [0.2, 0.25) is 0 Å². The summed E-state index contributed by atoms with van der Waals surface area (Å²) in [4.78, 5) is 3.70. The fraction of sp³-hybridized carbons (Fsp3) is 0.750. The lowest BCUT2D eigenvalue weighted by Crippen LogP contribution is -2.00. The molecule has 1 aliphatic rings. The van der Waals surface area contributed by atoms with Crippen LogP contribution in [0.4, 0.5) is 0 Å². The van der Waals surface area contributed by atoms with E-state index in [-0.39, 0.29) is 0 Å². The van der Waals surface area contributed by atoms with Gasteiger partial charge in [-0.05, 0) is 0 Å². The smallest absolute Gasteiger partial charge is 0.137 e. The van der Waals surface area contributed by atoms with E-state index in [1.165, 1.54) is 0 Å². The molecule has 33 valence electrons. The summed E-state index contributed by atoms with van der Waals surface area (Å²) >= 11 is 0. The molecule has 6 heavy (non-hydrogen) atoms. The number of aliphatic imine (C=N–C) groups is 1. The third-order valence-electron chi connectivity index (χ3n) is 0.626. The average molecular weight is 84.1 g/mol. The highest BCUT2D eigenvalue weighted by atomic mass is 16.5. The molecule has 0 N–H and O–H groups in total. The molecule has 0 unspecified atom stereocenters. The van der Waals surface area contributed by atoms with Crippen molar-refractivity contribution in [3.8, 4) is 0 Å². The normalized spacial score (nSPS) is 21.3. The maximum absolute atomic E-state index is 4.84. The van der Waals surface area contributed by atoms with Gasteiger partial charge in [0.05, 0.1) is 12.8 Å². The maximum atomic E-state index is 4.84. The first-order chi connectivity index (χ1) is 3.00. The lowest BCUT2D eigenvalue weighted by molar-refractivity contribution is 0.142. The second-order valence-corrected chi connectivity index (χ2v) is 1.10. The Balaban J connectivity index is 2.26. The number of rotatable bonds is 0. The molecule has 2 heteroatoms. The van der Waals surface area contributed by atoms with E-state index in [1.54, 1.807) is 0 Å². The minimum Gasteiger partial charge on any atom is -0.359 e. The van der Waals surface area contributed by atoms with Crippen molar-refractivity contribution in [3.05, 3.63) is 0 Å². The van der Waals surface area contributed by atoms with Gasteiger partial charge in [-0.1, -0.05) is 0 Å². The van der Waals surface area contributed by atoms with Crippen LogP contribution in [0.15, 0.2) is 4.99 Å². The Morgan fingerprint density at radius 3 is 2.83 bits per heavy atom. The molecule has 0 aromatic rings. The summed E-state index contributed by atoms with van der Waals surface area (Å²) in [5, 5.41) is 0. The summed E-state index contributed by atoms with van der Waals surface area (Å²) in [7, 11) is 0. The van der Waals surface area contributed by atoms with Gasteiger partial charge >= 0.3 is 0 Å². The van der Waals surface area contributed by atoms with Crippen molar-refractivity contribution >= 4 is 6.21 Å². The van der Waals surface area contributed by atoms with E-state index in [0.29, 0.717) is 6.73 Å². The van der Waals surface area contributed by atoms with Crippen molar-refractivity contribution < 1.29 is 4.74 Å². The standard InChI is InChI=1S/C4H6NO/c1-2-5-4-6-3-1/h1,3-4H2. The summed E-state index contributed by atoms with van der Waals surface area (Å²) in [6, 6.07) is 0. The molecule has 0 aliphatic carbocycles. The van der Waals surface area contributed by atoms with Gasteiger partial charge in [-0.15, -0.1) is 0 Å². The third-order valence-corrected chi connectivity index (χ3v) is 0.626. The van der Waals surface area contributed by atoms with E-state index < -0.39 is 0 Å². The van der Waals surface area contributed by atoms with E-state index in [2.05, 4.69) is 11.2 Å². The average Bonchev–Trinajstić information content (AvgIpc) is 1.72. The van der Waals surface area contributed by atoms with Gasteiger partial charge in [-0.2, -0.15) is 0 Å². The van der Waals surface area contributed by atoms with Gasteiger partial charge in [-0.25, -0.2) is 0 Å². The molecule has 1 radical (unpaired) electrons. The predicted octanol–water partition coefficient (Wildman–Crippen LogP) is 0.312. The molecular formula is C4H6NO. The zero-order valence-corrected chi connectivity index (χ0v) is 3.48. The number of hydrogen-bond acceptors (Lipinski definition) is 2. The van der Waals surface area contributed by atoms with E-state index in [4.69, 9.17) is 4.74 Å². The molecule has 2 nitrogen and oxygen atoms in total. The summed E-state index contributed by atoms with van der Waals surface area (Å²) < 4.78 is 4.84. The number of nitrogens with zero attached hydrogens (tertiary/aromatic N) is 1. The number of ether oxygens (including phenoxy) is 1. The van der Waals surface area contributed by atoms with Crippen molar-refractivity contribution in [2.24, 2.45) is 4.99 Å². The highest BCUT2D eigenvalue weighted by molar-refractivity contribution is 5.57. The van der Waals surface area contributed by atoms with Gasteiger partial charge in [0.25, 0.3) is 0 Å². The van der Waals surface area contributed by atoms with Crippen molar-refractivity contribution in [2.75, 3.05) is 13.3 Å². The largest absolute Gasteiger partial charge is 0.359 e. The highest BCUT2D eigenvalue weighted by Crippen LogP contribution is 1.85. The van der Waals surface area contributed by atoms with Crippen LogP contribution in [0.5, 0.6) is 0 Å². The van der Waals surface area contributed by atoms with E-state index in [9.17, 15) is 0 Å². The molecule has 1 heterocycles. The quantitative estimate of drug-likeness (QED) is 0.414. The van der Waals surface area contributed by atoms with Crippen LogP contribution >= 0.6 is 0 Å². The van der Waals surface area contributed by atoms with Gasteiger partial charge < -0.3 is 4.74 Å². The van der Waals surface area contributed by atoms with Crippen LogP contribution in [0.3, 0.4) is 0 Å². The van der Waals surface area contributed by atoms with Crippen molar-refractivity contribution in [1.29, 1.82) is 0 Å². The Labute approximate surface area is 36.8 Å². The van der Waals surface area contributed by atoms with Crippen LogP contribution in [0.1, 0.15) is 6.42 Å². The first-order valence-electron chi connectivity index (χ1n) is 1.97. The zero-order valence-electron chi connectivity index (χ0n) is 3.48. The predicted molar refractivity (Wildman–Crippen MR) is 22.9 cm³/mol. The molecule has 0 fully saturated rings. The Morgan fingerprint density at radius 2 is 2.67 bits per heavy atom. The zero-order chi connectivity index (χ0) is 4.24. The summed E-state index contributed by atoms with van der Waals surface area (Å²) in [5.74, 6) is 0. The first kappa shape index (κ1) is 3.81. The Bertz CT molecular complexity index is 52.6. The van der Waals surface area contributed by atoms with E-state index in [1.807, 2.05) is 0 Å². The maximum Gasteiger partial charge on any atom is 0.137 e. The monoisotopic (exact) mass is 84.0 g/mol. The van der Waals surface area contributed by atoms with Crippen LogP contribution in [0.2, 0.25) is 0 Å². The van der Waals surface area contributed by atoms with Crippen LogP contribution in [-0.4, -0.2) is 19.6 Å². The van der Waals surface area contributed by atoms with E-state index >= 15 is 0 Å². The molecule has 1 aliphatic heterocycles. The van der Waals surface area contributed by atoms with Crippen molar-refractivity contribution in [1.82, 2.24) is 0 Å². The lowest BCUT2D eigenvalue weighted by atomic mass is 10.5. The van der Waals surface area contributed by atoms with Gasteiger partial charge in [0, 0.05) is 6.42 Å². The molecule has 1 rings (SSSR count). The molecule has 0 amide bonds. The summed E-state index contributed by atoms with van der Waals surface area (Å²) in [6.07, 6.45) is 3.65. The third kappa shape index (κ3) is 0.792. The lowest BCUT2D eigenvalue weighted by Gasteiger charge is -1.99. The second-order valence-electron chi connectivity index (χ2n) is 1.10. The van der Waals surface area contributed by atoms with Crippen molar-refractivity contribution in [3.63, 3.8) is 0 Å². The van der Waals surface area contributed by atoms with Crippen LogP contribution < -0.4 is 0 Å². The van der Waals surface area contributed by atoms with Gasteiger partial charge in [-0.3, -0.25) is 4.99 Å². The number of hydrogen-bond donors (Lipinski definition) is 0. The fourth-order valence-electron chi connectivity index (χ4n) is 0.353. The van der Waals surface area contributed by atoms with Gasteiger partial charge in [0.1, 0.15) is 6.73 Å². The summed E-state index contributed by atoms with van der Waals surface area (Å²) in [5.41, 5.74) is 0. The molecule has 0 aromatic heterocycles. The Hall–Kier alpha value is -0.370.